The van der Waals surface area contributed by atoms with Gasteiger partial charge in [0.15, 0.2) is 0 Å². The molecule has 0 bridgehead atoms. The van der Waals surface area contributed by atoms with E-state index in [4.69, 9.17) is 5.11 Å². The number of rotatable bonds is 11. The standard InChI is InChI=1S/C20H33N3O5S/c1-6-22(12-13-24)20(26)18(15(4)5)21-19(25)16-10-9-11-17(14-16)29(27,28)23(7-2)8-3/h9-11,14-15,18,24H,6-8,12-13H2,1-5H3,(H,21,25)/t18-/m1/s1. The van der Waals surface area contributed by atoms with E-state index in [2.05, 4.69) is 5.32 Å². The van der Waals surface area contributed by atoms with Crippen molar-refractivity contribution in [1.29, 1.82) is 0 Å². The first-order valence-corrected chi connectivity index (χ1v) is 11.4. The molecule has 164 valence electrons. The maximum atomic E-state index is 12.8. The van der Waals surface area contributed by atoms with E-state index in [1.54, 1.807) is 20.8 Å². The van der Waals surface area contributed by atoms with Crippen LogP contribution in [-0.2, 0) is 14.8 Å². The molecule has 0 aliphatic carbocycles. The fourth-order valence-corrected chi connectivity index (χ4v) is 4.49. The largest absolute Gasteiger partial charge is 0.395 e. The number of aliphatic hydroxyl groups excluding tert-OH is 1. The Balaban J connectivity index is 3.13. The summed E-state index contributed by atoms with van der Waals surface area (Å²) in [6, 6.07) is 5.04. The van der Waals surface area contributed by atoms with Gasteiger partial charge in [-0.15, -0.1) is 0 Å². The molecule has 0 saturated carbocycles. The molecule has 29 heavy (non-hydrogen) atoms. The molecule has 1 aromatic carbocycles. The van der Waals surface area contributed by atoms with Crippen LogP contribution in [0.3, 0.4) is 0 Å². The Bertz CT molecular complexity index is 791. The summed E-state index contributed by atoms with van der Waals surface area (Å²) >= 11 is 0. The first-order chi connectivity index (χ1) is 13.6. The number of aliphatic hydroxyl groups is 1. The second-order valence-corrected chi connectivity index (χ2v) is 8.89. The van der Waals surface area contributed by atoms with Crippen LogP contribution in [0.15, 0.2) is 29.2 Å². The van der Waals surface area contributed by atoms with Gasteiger partial charge in [-0.2, -0.15) is 4.31 Å². The normalized spacial score (nSPS) is 12.8. The lowest BCUT2D eigenvalue weighted by molar-refractivity contribution is -0.134. The molecule has 0 aromatic heterocycles. The summed E-state index contributed by atoms with van der Waals surface area (Å²) in [4.78, 5) is 27.1. The second-order valence-electron chi connectivity index (χ2n) is 6.95. The number of benzene rings is 1. The van der Waals surface area contributed by atoms with E-state index in [0.29, 0.717) is 19.6 Å². The molecule has 0 saturated heterocycles. The van der Waals surface area contributed by atoms with Gasteiger partial charge >= 0.3 is 0 Å². The summed E-state index contributed by atoms with van der Waals surface area (Å²) in [7, 11) is -3.69. The minimum Gasteiger partial charge on any atom is -0.395 e. The molecule has 8 nitrogen and oxygen atoms in total. The minimum absolute atomic E-state index is 0.0386. The lowest BCUT2D eigenvalue weighted by Gasteiger charge is -2.28. The van der Waals surface area contributed by atoms with Crippen molar-refractivity contribution in [2.75, 3.05) is 32.8 Å². The fraction of sp³-hybridized carbons (Fsp3) is 0.600. The van der Waals surface area contributed by atoms with Crippen LogP contribution in [0.1, 0.15) is 45.0 Å². The molecule has 0 heterocycles. The smallest absolute Gasteiger partial charge is 0.251 e. The van der Waals surface area contributed by atoms with Crippen molar-refractivity contribution in [3.8, 4) is 0 Å². The number of likely N-dealkylation sites (N-methyl/N-ethyl adjacent to an activating group) is 1. The summed E-state index contributed by atoms with van der Waals surface area (Å²) in [5.74, 6) is -0.979. The predicted octanol–water partition coefficient (Wildman–Crippen LogP) is 1.31. The first kappa shape index (κ1) is 25.1. The number of amides is 2. The van der Waals surface area contributed by atoms with Crippen LogP contribution in [0, 0.1) is 5.92 Å². The van der Waals surface area contributed by atoms with Gasteiger partial charge in [-0.05, 0) is 31.0 Å². The van der Waals surface area contributed by atoms with Gasteiger partial charge in [0.25, 0.3) is 5.91 Å². The van der Waals surface area contributed by atoms with E-state index >= 15 is 0 Å². The van der Waals surface area contributed by atoms with Crippen molar-refractivity contribution in [3.05, 3.63) is 29.8 Å². The van der Waals surface area contributed by atoms with Gasteiger partial charge < -0.3 is 15.3 Å². The lowest BCUT2D eigenvalue weighted by Crippen LogP contribution is -2.51. The zero-order valence-corrected chi connectivity index (χ0v) is 18.7. The Morgan fingerprint density at radius 2 is 1.72 bits per heavy atom. The van der Waals surface area contributed by atoms with E-state index in [0.717, 1.165) is 0 Å². The summed E-state index contributed by atoms with van der Waals surface area (Å²) in [5.41, 5.74) is 0.168. The van der Waals surface area contributed by atoms with E-state index in [9.17, 15) is 18.0 Å². The summed E-state index contributed by atoms with van der Waals surface area (Å²) in [6.45, 7) is 10.0. The van der Waals surface area contributed by atoms with E-state index < -0.39 is 22.0 Å². The maximum absolute atomic E-state index is 12.8. The Kier molecular flexibility index (Phi) is 9.75. The Hall–Kier alpha value is -1.97. The first-order valence-electron chi connectivity index (χ1n) is 9.94. The SMILES string of the molecule is CCN(CCO)C(=O)[C@H](NC(=O)c1cccc(S(=O)(=O)N(CC)CC)c1)C(C)C. The minimum atomic E-state index is -3.69. The van der Waals surface area contributed by atoms with Crippen LogP contribution in [-0.4, -0.2) is 73.4 Å². The van der Waals surface area contributed by atoms with Crippen molar-refractivity contribution in [2.24, 2.45) is 5.92 Å². The average Bonchev–Trinajstić information content (AvgIpc) is 2.70. The zero-order chi connectivity index (χ0) is 22.2. The topological polar surface area (TPSA) is 107 Å². The van der Waals surface area contributed by atoms with Gasteiger partial charge in [0.05, 0.1) is 11.5 Å². The van der Waals surface area contributed by atoms with Gasteiger partial charge in [0.2, 0.25) is 15.9 Å². The highest BCUT2D eigenvalue weighted by Gasteiger charge is 2.29. The van der Waals surface area contributed by atoms with Gasteiger partial charge in [0, 0.05) is 31.7 Å². The number of hydrogen-bond acceptors (Lipinski definition) is 5. The summed E-state index contributed by atoms with van der Waals surface area (Å²) < 4.78 is 26.8. The van der Waals surface area contributed by atoms with Crippen molar-refractivity contribution in [3.63, 3.8) is 0 Å². The van der Waals surface area contributed by atoms with Gasteiger partial charge in [-0.25, -0.2) is 8.42 Å². The molecule has 1 rings (SSSR count). The van der Waals surface area contributed by atoms with Crippen LogP contribution >= 0.6 is 0 Å². The maximum Gasteiger partial charge on any atom is 0.251 e. The highest BCUT2D eigenvalue weighted by molar-refractivity contribution is 7.89. The van der Waals surface area contributed by atoms with Crippen molar-refractivity contribution < 1.29 is 23.1 Å². The number of nitrogens with one attached hydrogen (secondary N) is 1. The average molecular weight is 428 g/mol. The lowest BCUT2D eigenvalue weighted by atomic mass is 10.0. The quantitative estimate of drug-likeness (QED) is 0.554. The van der Waals surface area contributed by atoms with Crippen LogP contribution < -0.4 is 5.32 Å². The fourth-order valence-electron chi connectivity index (χ4n) is 2.99. The third-order valence-corrected chi connectivity index (χ3v) is 6.77. The Morgan fingerprint density at radius 3 is 2.21 bits per heavy atom. The molecular formula is C20H33N3O5S. The molecule has 1 atom stereocenters. The Morgan fingerprint density at radius 1 is 1.10 bits per heavy atom. The van der Waals surface area contributed by atoms with Crippen molar-refractivity contribution in [1.82, 2.24) is 14.5 Å². The molecule has 0 radical (unpaired) electrons. The van der Waals surface area contributed by atoms with Crippen LogP contribution in [0.5, 0.6) is 0 Å². The molecule has 0 aliphatic heterocycles. The van der Waals surface area contributed by atoms with Gasteiger partial charge in [-0.1, -0.05) is 33.8 Å². The van der Waals surface area contributed by atoms with E-state index in [-0.39, 0.29) is 35.4 Å². The van der Waals surface area contributed by atoms with Gasteiger partial charge in [-0.3, -0.25) is 9.59 Å². The molecule has 0 unspecified atom stereocenters. The second kappa shape index (κ2) is 11.3. The third-order valence-electron chi connectivity index (χ3n) is 4.72. The molecule has 0 spiro atoms. The molecule has 2 N–H and O–H groups in total. The van der Waals surface area contributed by atoms with Crippen molar-refractivity contribution >= 4 is 21.8 Å². The predicted molar refractivity (Wildman–Crippen MR) is 112 cm³/mol. The molecular weight excluding hydrogens is 394 g/mol. The summed E-state index contributed by atoms with van der Waals surface area (Å²) in [5, 5.41) is 11.9. The van der Waals surface area contributed by atoms with Crippen LogP contribution in [0.2, 0.25) is 0 Å². The number of carbonyl (C=O) groups is 2. The number of hydrogen-bond donors (Lipinski definition) is 2. The highest BCUT2D eigenvalue weighted by atomic mass is 32.2. The number of nitrogens with zero attached hydrogens (tertiary/aromatic N) is 2. The monoisotopic (exact) mass is 427 g/mol. The zero-order valence-electron chi connectivity index (χ0n) is 17.9. The Labute approximate surface area is 173 Å². The summed E-state index contributed by atoms with van der Waals surface area (Å²) in [6.07, 6.45) is 0. The van der Waals surface area contributed by atoms with Crippen molar-refractivity contribution in [2.45, 2.75) is 45.6 Å². The highest BCUT2D eigenvalue weighted by Crippen LogP contribution is 2.17. The third kappa shape index (κ3) is 6.25. The number of sulfonamides is 1. The van der Waals surface area contributed by atoms with Crippen LogP contribution in [0.25, 0.3) is 0 Å². The van der Waals surface area contributed by atoms with Gasteiger partial charge in [0.1, 0.15) is 6.04 Å². The van der Waals surface area contributed by atoms with E-state index in [1.165, 1.54) is 33.5 Å². The van der Waals surface area contributed by atoms with E-state index in [1.807, 2.05) is 13.8 Å². The number of carbonyl (C=O) groups excluding carboxylic acids is 2. The molecule has 0 aliphatic rings. The van der Waals surface area contributed by atoms with Crippen LogP contribution in [0.4, 0.5) is 0 Å². The molecule has 0 fully saturated rings. The molecule has 2 amide bonds. The molecule has 1 aromatic rings. The molecule has 9 heteroatoms.